The van der Waals surface area contributed by atoms with Gasteiger partial charge >= 0.3 is 0 Å². The van der Waals surface area contributed by atoms with E-state index >= 15 is 0 Å². The Labute approximate surface area is 122 Å². The average molecular weight is 297 g/mol. The van der Waals surface area contributed by atoms with Crippen LogP contribution in [-0.2, 0) is 11.3 Å². The molecule has 108 valence electrons. The number of carbonyl (C=O) groups excluding carboxylic acids is 1. The number of fused-ring (bicyclic) bond motifs is 1. The van der Waals surface area contributed by atoms with Crippen LogP contribution in [0.15, 0.2) is 6.07 Å². The van der Waals surface area contributed by atoms with Crippen molar-refractivity contribution in [2.45, 2.75) is 25.4 Å². The molecule has 2 aliphatic rings. The SMILES string of the molecule is O=C1COc2cc(Cl)c(CNC3CCNCC3)nc2N1. The van der Waals surface area contributed by atoms with E-state index < -0.39 is 0 Å². The van der Waals surface area contributed by atoms with Crippen LogP contribution in [0.1, 0.15) is 18.5 Å². The van der Waals surface area contributed by atoms with Gasteiger partial charge < -0.3 is 20.7 Å². The average Bonchev–Trinajstić information content (AvgIpc) is 2.46. The number of nitrogens with one attached hydrogen (secondary N) is 3. The lowest BCUT2D eigenvalue weighted by Crippen LogP contribution is -2.39. The zero-order chi connectivity index (χ0) is 13.9. The molecule has 0 atom stereocenters. The van der Waals surface area contributed by atoms with Crippen molar-refractivity contribution in [3.63, 3.8) is 0 Å². The minimum atomic E-state index is -0.190. The summed E-state index contributed by atoms with van der Waals surface area (Å²) < 4.78 is 5.28. The second-order valence-corrected chi connectivity index (χ2v) is 5.41. The first-order valence-electron chi connectivity index (χ1n) is 6.78. The van der Waals surface area contributed by atoms with E-state index in [0.29, 0.717) is 29.2 Å². The first-order chi connectivity index (χ1) is 9.72. The minimum Gasteiger partial charge on any atom is -0.480 e. The predicted molar refractivity (Wildman–Crippen MR) is 76.1 cm³/mol. The number of aromatic nitrogens is 1. The molecule has 0 spiro atoms. The first-order valence-corrected chi connectivity index (χ1v) is 7.16. The minimum absolute atomic E-state index is 0.0116. The van der Waals surface area contributed by atoms with Gasteiger partial charge in [0.2, 0.25) is 0 Å². The molecule has 0 saturated carbocycles. The molecule has 0 radical (unpaired) electrons. The maximum absolute atomic E-state index is 11.3. The van der Waals surface area contributed by atoms with Crippen LogP contribution >= 0.6 is 11.6 Å². The number of ether oxygens (including phenoxy) is 1. The van der Waals surface area contributed by atoms with Gasteiger partial charge in [0.15, 0.2) is 18.2 Å². The molecular formula is C13H17ClN4O2. The number of piperidine rings is 1. The fourth-order valence-electron chi connectivity index (χ4n) is 2.41. The number of nitrogens with zero attached hydrogens (tertiary/aromatic N) is 1. The van der Waals surface area contributed by atoms with Crippen LogP contribution in [0.4, 0.5) is 5.82 Å². The maximum Gasteiger partial charge on any atom is 0.263 e. The van der Waals surface area contributed by atoms with E-state index in [0.717, 1.165) is 31.6 Å². The summed E-state index contributed by atoms with van der Waals surface area (Å²) in [5.74, 6) is 0.789. The van der Waals surface area contributed by atoms with Gasteiger partial charge in [0.05, 0.1) is 10.7 Å². The molecule has 7 heteroatoms. The summed E-state index contributed by atoms with van der Waals surface area (Å²) in [6.45, 7) is 2.67. The third-order valence-electron chi connectivity index (χ3n) is 3.53. The fourth-order valence-corrected chi connectivity index (χ4v) is 2.62. The monoisotopic (exact) mass is 296 g/mol. The summed E-state index contributed by atoms with van der Waals surface area (Å²) in [5, 5.41) is 10.0. The topological polar surface area (TPSA) is 75.3 Å². The highest BCUT2D eigenvalue weighted by molar-refractivity contribution is 6.31. The van der Waals surface area contributed by atoms with Crippen molar-refractivity contribution >= 4 is 23.3 Å². The Kier molecular flexibility index (Phi) is 4.05. The largest absolute Gasteiger partial charge is 0.480 e. The fraction of sp³-hybridized carbons (Fsp3) is 0.538. The first kappa shape index (κ1) is 13.6. The van der Waals surface area contributed by atoms with Crippen molar-refractivity contribution < 1.29 is 9.53 Å². The van der Waals surface area contributed by atoms with Crippen molar-refractivity contribution in [1.82, 2.24) is 15.6 Å². The van der Waals surface area contributed by atoms with Crippen LogP contribution in [0, 0.1) is 0 Å². The molecule has 6 nitrogen and oxygen atoms in total. The molecule has 0 aromatic carbocycles. The predicted octanol–water partition coefficient (Wildman–Crippen LogP) is 0.907. The van der Waals surface area contributed by atoms with E-state index in [4.69, 9.17) is 16.3 Å². The van der Waals surface area contributed by atoms with Gasteiger partial charge in [-0.3, -0.25) is 4.79 Å². The number of anilines is 1. The van der Waals surface area contributed by atoms with E-state index in [1.807, 2.05) is 0 Å². The van der Waals surface area contributed by atoms with Crippen LogP contribution in [0.3, 0.4) is 0 Å². The van der Waals surface area contributed by atoms with E-state index in [2.05, 4.69) is 20.9 Å². The van der Waals surface area contributed by atoms with Gasteiger partial charge in [-0.15, -0.1) is 0 Å². The van der Waals surface area contributed by atoms with E-state index in [9.17, 15) is 4.79 Å². The molecule has 0 bridgehead atoms. The van der Waals surface area contributed by atoms with E-state index in [-0.39, 0.29) is 12.5 Å². The highest BCUT2D eigenvalue weighted by atomic mass is 35.5. The molecule has 0 unspecified atom stereocenters. The van der Waals surface area contributed by atoms with Crippen LogP contribution in [0.2, 0.25) is 5.02 Å². The molecule has 3 N–H and O–H groups in total. The Bertz CT molecular complexity index is 517. The zero-order valence-electron chi connectivity index (χ0n) is 11.0. The quantitative estimate of drug-likeness (QED) is 0.773. The van der Waals surface area contributed by atoms with Crippen LogP contribution < -0.4 is 20.7 Å². The maximum atomic E-state index is 11.3. The van der Waals surface area contributed by atoms with E-state index in [1.54, 1.807) is 6.07 Å². The van der Waals surface area contributed by atoms with Gasteiger partial charge in [-0.1, -0.05) is 11.6 Å². The van der Waals surface area contributed by atoms with Crippen molar-refractivity contribution in [2.24, 2.45) is 0 Å². The van der Waals surface area contributed by atoms with Gasteiger partial charge in [0, 0.05) is 18.7 Å². The number of hydrogen-bond acceptors (Lipinski definition) is 5. The second kappa shape index (κ2) is 5.95. The lowest BCUT2D eigenvalue weighted by atomic mass is 10.1. The zero-order valence-corrected chi connectivity index (χ0v) is 11.8. The molecule has 20 heavy (non-hydrogen) atoms. The second-order valence-electron chi connectivity index (χ2n) is 5.01. The van der Waals surface area contributed by atoms with Gasteiger partial charge in [-0.2, -0.15) is 0 Å². The molecule has 1 amide bonds. The van der Waals surface area contributed by atoms with E-state index in [1.165, 1.54) is 0 Å². The highest BCUT2D eigenvalue weighted by Crippen LogP contribution is 2.30. The molecule has 2 aliphatic heterocycles. The molecule has 1 saturated heterocycles. The number of amides is 1. The molecule has 0 aliphatic carbocycles. The third kappa shape index (κ3) is 3.03. The summed E-state index contributed by atoms with van der Waals surface area (Å²) in [5.41, 5.74) is 0.731. The Morgan fingerprint density at radius 2 is 2.25 bits per heavy atom. The van der Waals surface area contributed by atoms with Crippen molar-refractivity contribution in [3.8, 4) is 5.75 Å². The standard InChI is InChI=1S/C13H17ClN4O2/c14-9-5-11-13(18-12(19)7-20-11)17-10(9)6-16-8-1-3-15-4-2-8/h5,8,15-16H,1-4,6-7H2,(H,17,18,19). The number of pyridine rings is 1. The van der Waals surface area contributed by atoms with Crippen LogP contribution in [0.25, 0.3) is 0 Å². The molecule has 3 rings (SSSR count). The summed E-state index contributed by atoms with van der Waals surface area (Å²) >= 11 is 6.21. The number of rotatable bonds is 3. The Hall–Kier alpha value is -1.37. The lowest BCUT2D eigenvalue weighted by molar-refractivity contribution is -0.118. The smallest absolute Gasteiger partial charge is 0.263 e. The van der Waals surface area contributed by atoms with Crippen LogP contribution in [0.5, 0.6) is 5.75 Å². The van der Waals surface area contributed by atoms with Crippen LogP contribution in [-0.4, -0.2) is 36.6 Å². The normalized spacial score (nSPS) is 19.1. The van der Waals surface area contributed by atoms with Crippen molar-refractivity contribution in [2.75, 3.05) is 25.0 Å². The molecule has 1 aromatic heterocycles. The van der Waals surface area contributed by atoms with Gasteiger partial charge in [0.1, 0.15) is 0 Å². The van der Waals surface area contributed by atoms with Gasteiger partial charge in [0.25, 0.3) is 5.91 Å². The van der Waals surface area contributed by atoms with Crippen molar-refractivity contribution in [1.29, 1.82) is 0 Å². The Morgan fingerprint density at radius 3 is 3.05 bits per heavy atom. The summed E-state index contributed by atoms with van der Waals surface area (Å²) in [4.78, 5) is 15.7. The Morgan fingerprint density at radius 1 is 1.45 bits per heavy atom. The summed E-state index contributed by atoms with van der Waals surface area (Å²) in [6.07, 6.45) is 2.20. The summed E-state index contributed by atoms with van der Waals surface area (Å²) in [6, 6.07) is 2.19. The molecule has 1 aromatic rings. The third-order valence-corrected chi connectivity index (χ3v) is 3.85. The number of hydrogen-bond donors (Lipinski definition) is 3. The van der Waals surface area contributed by atoms with Gasteiger partial charge in [-0.25, -0.2) is 4.98 Å². The van der Waals surface area contributed by atoms with Crippen molar-refractivity contribution in [3.05, 3.63) is 16.8 Å². The van der Waals surface area contributed by atoms with Gasteiger partial charge in [-0.05, 0) is 25.9 Å². The highest BCUT2D eigenvalue weighted by Gasteiger charge is 2.20. The summed E-state index contributed by atoms with van der Waals surface area (Å²) in [7, 11) is 0. The lowest BCUT2D eigenvalue weighted by Gasteiger charge is -2.24. The molecule has 1 fully saturated rings. The number of halogens is 1. The Balaban J connectivity index is 1.69. The number of carbonyl (C=O) groups is 1. The molecule has 3 heterocycles. The molecular weight excluding hydrogens is 280 g/mol.